The molecule has 0 aliphatic carbocycles. The van der Waals surface area contributed by atoms with Gasteiger partial charge in [0.1, 0.15) is 22.5 Å². The van der Waals surface area contributed by atoms with Gasteiger partial charge in [0.2, 0.25) is 0 Å². The van der Waals surface area contributed by atoms with Crippen molar-refractivity contribution in [2.24, 2.45) is 0 Å². The highest BCUT2D eigenvalue weighted by atomic mass is 32.1. The summed E-state index contributed by atoms with van der Waals surface area (Å²) in [6, 6.07) is 9.81. The molecule has 1 aliphatic rings. The molecule has 9 heteroatoms. The van der Waals surface area contributed by atoms with E-state index in [0.29, 0.717) is 23.3 Å². The number of thiophene rings is 2. The highest BCUT2D eigenvalue weighted by molar-refractivity contribution is 7.18. The molecule has 1 fully saturated rings. The molecule has 0 spiro atoms. The molecule has 0 amide bonds. The smallest absolute Gasteiger partial charge is 0.260 e. The van der Waals surface area contributed by atoms with Crippen molar-refractivity contribution in [2.45, 2.75) is 6.54 Å². The van der Waals surface area contributed by atoms with Gasteiger partial charge in [-0.25, -0.2) is 9.97 Å². The van der Waals surface area contributed by atoms with Gasteiger partial charge >= 0.3 is 0 Å². The molecule has 0 bridgehead atoms. The number of anilines is 1. The predicted octanol–water partition coefficient (Wildman–Crippen LogP) is 3.30. The minimum Gasteiger partial charge on any atom is -0.353 e. The highest BCUT2D eigenvalue weighted by Crippen LogP contribution is 2.33. The van der Waals surface area contributed by atoms with E-state index >= 15 is 0 Å². The number of pyridine rings is 1. The molecule has 1 N–H and O–H groups in total. The van der Waals surface area contributed by atoms with Crippen molar-refractivity contribution in [2.75, 3.05) is 31.1 Å². The van der Waals surface area contributed by atoms with Gasteiger partial charge in [-0.1, -0.05) is 6.07 Å². The third kappa shape index (κ3) is 3.50. The van der Waals surface area contributed by atoms with Crippen molar-refractivity contribution in [1.82, 2.24) is 19.9 Å². The van der Waals surface area contributed by atoms with Crippen molar-refractivity contribution < 1.29 is 0 Å². The third-order valence-corrected chi connectivity index (χ3v) is 7.01. The minimum atomic E-state index is -0.0783. The first kappa shape index (κ1) is 18.9. The van der Waals surface area contributed by atoms with Crippen LogP contribution in [-0.2, 0) is 6.54 Å². The van der Waals surface area contributed by atoms with Crippen molar-refractivity contribution in [1.29, 1.82) is 5.26 Å². The van der Waals surface area contributed by atoms with Gasteiger partial charge < -0.3 is 9.88 Å². The van der Waals surface area contributed by atoms with Crippen LogP contribution in [0.3, 0.4) is 0 Å². The lowest BCUT2D eigenvalue weighted by Crippen LogP contribution is -2.46. The van der Waals surface area contributed by atoms with E-state index in [4.69, 9.17) is 4.98 Å². The lowest BCUT2D eigenvalue weighted by Gasteiger charge is -2.35. The van der Waals surface area contributed by atoms with Gasteiger partial charge in [-0.3, -0.25) is 9.69 Å². The van der Waals surface area contributed by atoms with Crippen LogP contribution in [0.2, 0.25) is 0 Å². The fourth-order valence-corrected chi connectivity index (χ4v) is 5.53. The number of nitrogens with zero attached hydrogens (tertiary/aromatic N) is 5. The molecule has 0 saturated carbocycles. The highest BCUT2D eigenvalue weighted by Gasteiger charge is 2.21. The van der Waals surface area contributed by atoms with Gasteiger partial charge in [0.15, 0.2) is 0 Å². The number of piperazine rings is 1. The van der Waals surface area contributed by atoms with Gasteiger partial charge in [0.05, 0.1) is 17.5 Å². The Hall–Kier alpha value is -3.06. The number of hydrogen-bond donors (Lipinski definition) is 1. The van der Waals surface area contributed by atoms with Crippen LogP contribution in [0.5, 0.6) is 0 Å². The summed E-state index contributed by atoms with van der Waals surface area (Å²) >= 11 is 3.14. The molecule has 5 rings (SSSR count). The first-order valence-corrected chi connectivity index (χ1v) is 11.4. The number of aromatic nitrogens is 3. The summed E-state index contributed by atoms with van der Waals surface area (Å²) in [5.74, 6) is 1.43. The van der Waals surface area contributed by atoms with Crippen LogP contribution in [0.1, 0.15) is 11.4 Å². The van der Waals surface area contributed by atoms with Crippen molar-refractivity contribution in [3.05, 3.63) is 63.0 Å². The Balaban J connectivity index is 1.31. The van der Waals surface area contributed by atoms with E-state index in [1.165, 1.54) is 11.3 Å². The van der Waals surface area contributed by atoms with Gasteiger partial charge in [0.25, 0.3) is 5.56 Å². The standard InChI is InChI=1S/C21H18N6OS2/c22-11-14-3-1-5-23-19(14)27-8-6-26(7-9-27)12-17-24-20(28)18-15(13-30-21(18)25-17)16-4-2-10-29-16/h1-5,10,13H,6-9,12H2,(H,24,25,28). The quantitative estimate of drug-likeness (QED) is 0.530. The second-order valence-corrected chi connectivity index (χ2v) is 8.87. The Bertz CT molecular complexity index is 1280. The Labute approximate surface area is 180 Å². The molecule has 150 valence electrons. The normalized spacial score (nSPS) is 14.8. The van der Waals surface area contributed by atoms with Crippen LogP contribution in [-0.4, -0.2) is 46.0 Å². The first-order valence-electron chi connectivity index (χ1n) is 9.59. The molecule has 4 aromatic rings. The van der Waals surface area contributed by atoms with Gasteiger partial charge in [-0.2, -0.15) is 5.26 Å². The number of H-pyrrole nitrogens is 1. The van der Waals surface area contributed by atoms with E-state index in [2.05, 4.69) is 25.8 Å². The fourth-order valence-electron chi connectivity index (χ4n) is 3.75. The molecule has 0 unspecified atom stereocenters. The molecular formula is C21H18N6OS2. The number of nitrogens with one attached hydrogen (secondary N) is 1. The lowest BCUT2D eigenvalue weighted by atomic mass is 10.2. The zero-order chi connectivity index (χ0) is 20.5. The summed E-state index contributed by atoms with van der Waals surface area (Å²) in [5.41, 5.74) is 1.48. The summed E-state index contributed by atoms with van der Waals surface area (Å²) in [6.07, 6.45) is 1.72. The molecule has 7 nitrogen and oxygen atoms in total. The van der Waals surface area contributed by atoms with Crippen molar-refractivity contribution >= 4 is 38.7 Å². The van der Waals surface area contributed by atoms with E-state index in [-0.39, 0.29) is 5.56 Å². The Morgan fingerprint density at radius 3 is 2.80 bits per heavy atom. The van der Waals surface area contributed by atoms with Crippen LogP contribution >= 0.6 is 22.7 Å². The molecule has 1 aliphatic heterocycles. The van der Waals surface area contributed by atoms with E-state index in [0.717, 1.165) is 47.3 Å². The topological polar surface area (TPSA) is 88.9 Å². The molecular weight excluding hydrogens is 416 g/mol. The minimum absolute atomic E-state index is 0.0783. The monoisotopic (exact) mass is 434 g/mol. The maximum Gasteiger partial charge on any atom is 0.260 e. The molecule has 0 radical (unpaired) electrons. The Morgan fingerprint density at radius 1 is 1.17 bits per heavy atom. The van der Waals surface area contributed by atoms with Crippen LogP contribution in [0.25, 0.3) is 20.7 Å². The van der Waals surface area contributed by atoms with Gasteiger partial charge in [0, 0.05) is 48.2 Å². The Kier molecular flexibility index (Phi) is 5.04. The number of rotatable bonds is 4. The zero-order valence-electron chi connectivity index (χ0n) is 16.0. The summed E-state index contributed by atoms with van der Waals surface area (Å²) in [6.45, 7) is 3.78. The van der Waals surface area contributed by atoms with Crippen molar-refractivity contribution in [3.63, 3.8) is 0 Å². The summed E-state index contributed by atoms with van der Waals surface area (Å²) in [5, 5.41) is 14.0. The SMILES string of the molecule is N#Cc1cccnc1N1CCN(Cc2nc3scc(-c4cccs4)c3c(=O)[nH]2)CC1. The van der Waals surface area contributed by atoms with Gasteiger partial charge in [-0.05, 0) is 23.6 Å². The average molecular weight is 435 g/mol. The van der Waals surface area contributed by atoms with Crippen LogP contribution < -0.4 is 10.5 Å². The second kappa shape index (κ2) is 7.99. The predicted molar refractivity (Wildman–Crippen MR) is 120 cm³/mol. The van der Waals surface area contributed by atoms with Gasteiger partial charge in [-0.15, -0.1) is 22.7 Å². The maximum atomic E-state index is 12.8. The summed E-state index contributed by atoms with van der Waals surface area (Å²) in [7, 11) is 0. The van der Waals surface area contributed by atoms with E-state index in [1.54, 1.807) is 29.7 Å². The van der Waals surface area contributed by atoms with E-state index in [1.807, 2.05) is 22.9 Å². The largest absolute Gasteiger partial charge is 0.353 e. The number of fused-ring (bicyclic) bond motifs is 1. The lowest BCUT2D eigenvalue weighted by molar-refractivity contribution is 0.243. The second-order valence-electron chi connectivity index (χ2n) is 7.07. The average Bonchev–Trinajstić information content (AvgIpc) is 3.44. The molecule has 30 heavy (non-hydrogen) atoms. The maximum absolute atomic E-state index is 12.8. The third-order valence-electron chi connectivity index (χ3n) is 5.23. The van der Waals surface area contributed by atoms with E-state index in [9.17, 15) is 10.1 Å². The molecule has 4 aromatic heterocycles. The zero-order valence-corrected chi connectivity index (χ0v) is 17.7. The van der Waals surface area contributed by atoms with Crippen LogP contribution in [0, 0.1) is 11.3 Å². The molecule has 1 saturated heterocycles. The van der Waals surface area contributed by atoms with E-state index < -0.39 is 0 Å². The first-order chi connectivity index (χ1) is 14.7. The van der Waals surface area contributed by atoms with Crippen LogP contribution in [0.15, 0.2) is 46.0 Å². The van der Waals surface area contributed by atoms with Crippen molar-refractivity contribution in [3.8, 4) is 16.5 Å². The van der Waals surface area contributed by atoms with Crippen LogP contribution in [0.4, 0.5) is 5.82 Å². The molecule has 0 atom stereocenters. The molecule has 5 heterocycles. The number of hydrogen-bond acceptors (Lipinski definition) is 8. The Morgan fingerprint density at radius 2 is 2.03 bits per heavy atom. The molecule has 0 aromatic carbocycles. The summed E-state index contributed by atoms with van der Waals surface area (Å²) in [4.78, 5) is 31.1. The number of nitriles is 1. The number of aromatic amines is 1. The fraction of sp³-hybridized carbons (Fsp3) is 0.238. The summed E-state index contributed by atoms with van der Waals surface area (Å²) < 4.78 is 0.